The Hall–Kier alpha value is -2.95. The summed E-state index contributed by atoms with van der Waals surface area (Å²) in [5.41, 5.74) is 3.02. The second kappa shape index (κ2) is 11.1. The number of benzene rings is 3. The van der Waals surface area contributed by atoms with E-state index in [1.165, 1.54) is 0 Å². The van der Waals surface area contributed by atoms with Crippen LogP contribution in [0, 0.1) is 11.3 Å². The number of hydrogen-bond donors (Lipinski definition) is 0. The minimum absolute atomic E-state index is 0.395. The lowest BCUT2D eigenvalue weighted by molar-refractivity contribution is 0.282. The van der Waals surface area contributed by atoms with Gasteiger partial charge in [0.25, 0.3) is 0 Å². The van der Waals surface area contributed by atoms with Crippen LogP contribution in [0.25, 0.3) is 11.6 Å². The fraction of sp³-hybridized carbons (Fsp3) is 0.160. The maximum Gasteiger partial charge on any atom is 0.175 e. The first-order chi connectivity index (χ1) is 15.5. The molecule has 0 saturated heterocycles. The molecule has 3 rings (SSSR count). The fourth-order valence-electron chi connectivity index (χ4n) is 3.05. The van der Waals surface area contributed by atoms with Gasteiger partial charge in [0, 0.05) is 4.47 Å². The molecule has 0 unspecified atom stereocenters. The van der Waals surface area contributed by atoms with Crippen LogP contribution < -0.4 is 18.9 Å². The average molecular weight is 559 g/mol. The zero-order valence-corrected chi connectivity index (χ0v) is 21.0. The third kappa shape index (κ3) is 5.64. The summed E-state index contributed by atoms with van der Waals surface area (Å²) in [7, 11) is 4.72. The summed E-state index contributed by atoms with van der Waals surface area (Å²) < 4.78 is 23.9. The summed E-state index contributed by atoms with van der Waals surface area (Å²) in [4.78, 5) is 0. The Bertz CT molecular complexity index is 1170. The molecule has 0 spiro atoms. The largest absolute Gasteiger partial charge is 0.493 e. The van der Waals surface area contributed by atoms with E-state index < -0.39 is 0 Å². The molecule has 32 heavy (non-hydrogen) atoms. The van der Waals surface area contributed by atoms with Gasteiger partial charge in [-0.15, -0.1) is 0 Å². The van der Waals surface area contributed by atoms with Crippen LogP contribution in [0.2, 0.25) is 0 Å². The van der Waals surface area contributed by atoms with Crippen LogP contribution >= 0.6 is 31.9 Å². The number of nitriles is 1. The van der Waals surface area contributed by atoms with Crippen LogP contribution in [-0.2, 0) is 6.61 Å². The van der Waals surface area contributed by atoms with Gasteiger partial charge >= 0.3 is 0 Å². The lowest BCUT2D eigenvalue weighted by Gasteiger charge is -2.14. The van der Waals surface area contributed by atoms with Crippen molar-refractivity contribution in [3.8, 4) is 29.1 Å². The summed E-state index contributed by atoms with van der Waals surface area (Å²) in [6, 6.07) is 19.3. The van der Waals surface area contributed by atoms with Crippen molar-refractivity contribution in [2.45, 2.75) is 6.61 Å². The highest BCUT2D eigenvalue weighted by Crippen LogP contribution is 2.38. The second-order valence-electron chi connectivity index (χ2n) is 6.69. The Morgan fingerprint density at radius 2 is 1.56 bits per heavy atom. The summed E-state index contributed by atoms with van der Waals surface area (Å²) >= 11 is 7.00. The third-order valence-electron chi connectivity index (χ3n) is 4.67. The number of nitrogens with zero attached hydrogens (tertiary/aromatic N) is 1. The molecule has 0 fully saturated rings. The predicted molar refractivity (Wildman–Crippen MR) is 132 cm³/mol. The van der Waals surface area contributed by atoms with Gasteiger partial charge in [0.05, 0.1) is 37.4 Å². The topological polar surface area (TPSA) is 60.7 Å². The maximum atomic E-state index is 9.75. The molecule has 0 aromatic heterocycles. The van der Waals surface area contributed by atoms with Crippen LogP contribution in [0.5, 0.6) is 23.0 Å². The van der Waals surface area contributed by atoms with Crippen molar-refractivity contribution in [3.63, 3.8) is 0 Å². The van der Waals surface area contributed by atoms with Crippen LogP contribution in [0.4, 0.5) is 0 Å². The molecule has 0 bridgehead atoms. The van der Waals surface area contributed by atoms with Crippen molar-refractivity contribution < 1.29 is 18.9 Å². The highest BCUT2D eigenvalue weighted by atomic mass is 79.9. The molecule has 0 saturated carbocycles. The Morgan fingerprint density at radius 1 is 0.875 bits per heavy atom. The molecule has 164 valence electrons. The maximum absolute atomic E-state index is 9.75. The lowest BCUT2D eigenvalue weighted by atomic mass is 10.0. The van der Waals surface area contributed by atoms with E-state index in [2.05, 4.69) is 37.9 Å². The van der Waals surface area contributed by atoms with Gasteiger partial charge in [-0.3, -0.25) is 0 Å². The number of ether oxygens (including phenoxy) is 4. The van der Waals surface area contributed by atoms with E-state index in [0.29, 0.717) is 35.2 Å². The molecule has 0 aliphatic carbocycles. The van der Waals surface area contributed by atoms with Gasteiger partial charge in [0.2, 0.25) is 0 Å². The van der Waals surface area contributed by atoms with E-state index in [1.54, 1.807) is 39.5 Å². The standard InChI is InChI=1S/C25H21Br2NO4/c1-29-22-9-6-18(13-23(22)30-2)19(14-28)10-17-11-21(27)25(24(12-17)31-3)32-15-16-4-7-20(26)8-5-16/h4-13H,15H2,1-3H3/b19-10+. The Balaban J connectivity index is 1.90. The normalized spacial score (nSPS) is 10.9. The monoisotopic (exact) mass is 557 g/mol. The molecule has 0 amide bonds. The molecule has 5 nitrogen and oxygen atoms in total. The Labute approximate surface area is 204 Å². The lowest BCUT2D eigenvalue weighted by Crippen LogP contribution is -1.99. The molecule has 0 atom stereocenters. The highest BCUT2D eigenvalue weighted by Gasteiger charge is 2.13. The first-order valence-corrected chi connectivity index (χ1v) is 11.2. The SMILES string of the molecule is COc1ccc(/C(C#N)=C/c2cc(Br)c(OCc3ccc(Br)cc3)c(OC)c2)cc1OC. The third-order valence-corrected chi connectivity index (χ3v) is 5.79. The number of allylic oxidation sites excluding steroid dienone is 1. The summed E-state index contributed by atoms with van der Waals surface area (Å²) in [5, 5.41) is 9.75. The molecule has 7 heteroatoms. The first kappa shape index (κ1) is 23.7. The van der Waals surface area contributed by atoms with E-state index in [4.69, 9.17) is 18.9 Å². The zero-order chi connectivity index (χ0) is 23.1. The van der Waals surface area contributed by atoms with Gasteiger partial charge in [-0.05, 0) is 81.2 Å². The molecule has 0 aliphatic rings. The van der Waals surface area contributed by atoms with Crippen LogP contribution in [-0.4, -0.2) is 21.3 Å². The van der Waals surface area contributed by atoms with Gasteiger partial charge in [-0.2, -0.15) is 5.26 Å². The van der Waals surface area contributed by atoms with Crippen LogP contribution in [0.1, 0.15) is 16.7 Å². The minimum atomic E-state index is 0.395. The Morgan fingerprint density at radius 3 is 2.19 bits per heavy atom. The molecule has 0 radical (unpaired) electrons. The van der Waals surface area contributed by atoms with E-state index >= 15 is 0 Å². The van der Waals surface area contributed by atoms with Crippen molar-refractivity contribution in [2.24, 2.45) is 0 Å². The average Bonchev–Trinajstić information content (AvgIpc) is 2.82. The molecule has 3 aromatic carbocycles. The number of rotatable bonds is 8. The van der Waals surface area contributed by atoms with Gasteiger partial charge in [0.15, 0.2) is 23.0 Å². The summed E-state index contributed by atoms with van der Waals surface area (Å²) in [6.07, 6.45) is 1.78. The van der Waals surface area contributed by atoms with E-state index in [1.807, 2.05) is 42.5 Å². The summed E-state index contributed by atoms with van der Waals surface area (Å²) in [5.74, 6) is 2.32. The van der Waals surface area contributed by atoms with Crippen molar-refractivity contribution in [2.75, 3.05) is 21.3 Å². The number of halogens is 2. The second-order valence-corrected chi connectivity index (χ2v) is 8.46. The predicted octanol–water partition coefficient (Wildman–Crippen LogP) is 6.88. The number of hydrogen-bond acceptors (Lipinski definition) is 5. The van der Waals surface area contributed by atoms with Crippen LogP contribution in [0.3, 0.4) is 0 Å². The quantitative estimate of drug-likeness (QED) is 0.223. The smallest absolute Gasteiger partial charge is 0.175 e. The van der Waals surface area contributed by atoms with E-state index in [0.717, 1.165) is 25.6 Å². The van der Waals surface area contributed by atoms with E-state index in [9.17, 15) is 5.26 Å². The van der Waals surface area contributed by atoms with Crippen molar-refractivity contribution in [1.82, 2.24) is 0 Å². The Kier molecular flexibility index (Phi) is 8.20. The molecule has 0 N–H and O–H groups in total. The molecular weight excluding hydrogens is 538 g/mol. The van der Waals surface area contributed by atoms with Gasteiger partial charge in [-0.1, -0.05) is 28.1 Å². The zero-order valence-electron chi connectivity index (χ0n) is 17.8. The van der Waals surface area contributed by atoms with Gasteiger partial charge in [0.1, 0.15) is 6.61 Å². The van der Waals surface area contributed by atoms with Crippen molar-refractivity contribution in [3.05, 3.63) is 80.2 Å². The molecule has 0 heterocycles. The number of methoxy groups -OCH3 is 3. The molecule has 3 aromatic rings. The van der Waals surface area contributed by atoms with Crippen molar-refractivity contribution in [1.29, 1.82) is 5.26 Å². The van der Waals surface area contributed by atoms with Gasteiger partial charge in [-0.25, -0.2) is 0 Å². The summed E-state index contributed by atoms with van der Waals surface area (Å²) in [6.45, 7) is 0.395. The highest BCUT2D eigenvalue weighted by molar-refractivity contribution is 9.10. The van der Waals surface area contributed by atoms with E-state index in [-0.39, 0.29) is 0 Å². The molecule has 0 aliphatic heterocycles. The molecular formula is C25H21Br2NO4. The fourth-order valence-corrected chi connectivity index (χ4v) is 3.89. The minimum Gasteiger partial charge on any atom is -0.493 e. The first-order valence-electron chi connectivity index (χ1n) is 9.58. The van der Waals surface area contributed by atoms with Crippen LogP contribution in [0.15, 0.2) is 63.5 Å². The van der Waals surface area contributed by atoms with Gasteiger partial charge < -0.3 is 18.9 Å². The van der Waals surface area contributed by atoms with Crippen molar-refractivity contribution >= 4 is 43.5 Å².